The summed E-state index contributed by atoms with van der Waals surface area (Å²) in [6.45, 7) is 4.45. The lowest BCUT2D eigenvalue weighted by molar-refractivity contribution is 0.0987. The van der Waals surface area contributed by atoms with Crippen LogP contribution in [0.2, 0.25) is 0 Å². The first-order valence-corrected chi connectivity index (χ1v) is 7.68. The van der Waals surface area contributed by atoms with Crippen LogP contribution in [0.1, 0.15) is 37.6 Å². The molecule has 0 saturated heterocycles. The van der Waals surface area contributed by atoms with Gasteiger partial charge in [0, 0.05) is 26.7 Å². The monoisotopic (exact) mass is 367 g/mol. The Kier molecular flexibility index (Phi) is 3.21. The van der Waals surface area contributed by atoms with Crippen molar-refractivity contribution in [2.24, 2.45) is 5.41 Å². The van der Waals surface area contributed by atoms with Crippen molar-refractivity contribution < 1.29 is 5.11 Å². The van der Waals surface area contributed by atoms with Gasteiger partial charge in [-0.25, -0.2) is 0 Å². The third-order valence-electron chi connectivity index (χ3n) is 3.88. The Balaban J connectivity index is 2.08. The molecule has 0 fully saturated rings. The number of hydrogen-bond donors (Lipinski definition) is 1. The maximum Gasteiger partial charge on any atom is 0.0812 e. The summed E-state index contributed by atoms with van der Waals surface area (Å²) in [4.78, 5) is 0. The maximum absolute atomic E-state index is 10.3. The molecular formula is C16H18INO. The number of fused-ring (bicyclic) bond motifs is 1. The van der Waals surface area contributed by atoms with Crippen LogP contribution >= 0.6 is 22.6 Å². The third-order valence-corrected chi connectivity index (χ3v) is 4.60. The fourth-order valence-electron chi connectivity index (χ4n) is 2.97. The fraction of sp³-hybridized carbons (Fsp3) is 0.375. The van der Waals surface area contributed by atoms with Gasteiger partial charge in [-0.3, -0.25) is 0 Å². The smallest absolute Gasteiger partial charge is 0.0812 e. The number of aromatic nitrogens is 1. The van der Waals surface area contributed by atoms with Crippen molar-refractivity contribution in [2.45, 2.75) is 32.8 Å². The molecule has 1 N–H and O–H groups in total. The zero-order valence-corrected chi connectivity index (χ0v) is 13.4. The van der Waals surface area contributed by atoms with Gasteiger partial charge in [0.1, 0.15) is 0 Å². The highest BCUT2D eigenvalue weighted by Crippen LogP contribution is 2.41. The zero-order chi connectivity index (χ0) is 13.6. The van der Waals surface area contributed by atoms with Crippen molar-refractivity contribution in [1.29, 1.82) is 0 Å². The standard InChI is InChI=1S/C16H18INO/c1-16(2)9-14-13(15(19)10-16)7-8-18(14)12-5-3-11(17)4-6-12/h3-8,15,19H,9-10H2,1-2H3. The number of benzene rings is 1. The average molecular weight is 367 g/mol. The molecule has 0 saturated carbocycles. The molecule has 1 heterocycles. The molecule has 1 aromatic carbocycles. The molecule has 19 heavy (non-hydrogen) atoms. The zero-order valence-electron chi connectivity index (χ0n) is 11.2. The molecule has 1 unspecified atom stereocenters. The van der Waals surface area contributed by atoms with Crippen LogP contribution in [0.4, 0.5) is 0 Å². The Morgan fingerprint density at radius 1 is 1.21 bits per heavy atom. The quantitative estimate of drug-likeness (QED) is 0.755. The van der Waals surface area contributed by atoms with Crippen LogP contribution in [0.3, 0.4) is 0 Å². The van der Waals surface area contributed by atoms with Gasteiger partial charge in [-0.1, -0.05) is 13.8 Å². The lowest BCUT2D eigenvalue weighted by Gasteiger charge is -2.33. The molecule has 3 rings (SSSR count). The number of rotatable bonds is 1. The van der Waals surface area contributed by atoms with E-state index in [-0.39, 0.29) is 11.5 Å². The van der Waals surface area contributed by atoms with Crippen LogP contribution in [0.5, 0.6) is 0 Å². The Morgan fingerprint density at radius 2 is 1.89 bits per heavy atom. The molecule has 1 atom stereocenters. The van der Waals surface area contributed by atoms with Gasteiger partial charge >= 0.3 is 0 Å². The van der Waals surface area contributed by atoms with Crippen LogP contribution in [0, 0.1) is 8.99 Å². The van der Waals surface area contributed by atoms with E-state index in [1.54, 1.807) is 0 Å². The van der Waals surface area contributed by atoms with E-state index in [4.69, 9.17) is 0 Å². The number of nitrogens with zero attached hydrogens (tertiary/aromatic N) is 1. The van der Waals surface area contributed by atoms with E-state index in [1.807, 2.05) is 0 Å². The Bertz CT molecular complexity index is 598. The van der Waals surface area contributed by atoms with Crippen molar-refractivity contribution in [3.63, 3.8) is 0 Å². The Morgan fingerprint density at radius 3 is 2.58 bits per heavy atom. The second kappa shape index (κ2) is 4.63. The van der Waals surface area contributed by atoms with E-state index in [9.17, 15) is 5.11 Å². The van der Waals surface area contributed by atoms with Gasteiger partial charge in [0.2, 0.25) is 0 Å². The molecule has 0 bridgehead atoms. The Labute approximate surface area is 127 Å². The van der Waals surface area contributed by atoms with Gasteiger partial charge < -0.3 is 9.67 Å². The largest absolute Gasteiger partial charge is 0.388 e. The van der Waals surface area contributed by atoms with Gasteiger partial charge in [0.05, 0.1) is 6.10 Å². The summed E-state index contributed by atoms with van der Waals surface area (Å²) in [6, 6.07) is 10.6. The van der Waals surface area contributed by atoms with Gasteiger partial charge in [0.15, 0.2) is 0 Å². The third kappa shape index (κ3) is 2.46. The first-order chi connectivity index (χ1) is 8.96. The SMILES string of the molecule is CC1(C)Cc2c(ccn2-c2ccc(I)cc2)C(O)C1. The molecule has 100 valence electrons. The molecule has 3 heteroatoms. The molecule has 2 nitrogen and oxygen atoms in total. The molecule has 1 aliphatic carbocycles. The molecule has 0 spiro atoms. The molecule has 0 radical (unpaired) electrons. The second-order valence-corrected chi connectivity index (χ2v) is 7.37. The van der Waals surface area contributed by atoms with Crippen LogP contribution in [-0.2, 0) is 6.42 Å². The number of aliphatic hydroxyl groups is 1. The summed E-state index contributed by atoms with van der Waals surface area (Å²) in [5, 5.41) is 10.3. The predicted octanol–water partition coefficient (Wildman–Crippen LogP) is 4.09. The summed E-state index contributed by atoms with van der Waals surface area (Å²) in [7, 11) is 0. The van der Waals surface area contributed by atoms with E-state index in [2.05, 4.69) is 77.5 Å². The first kappa shape index (κ1) is 13.2. The molecule has 0 amide bonds. The van der Waals surface area contributed by atoms with Crippen LogP contribution in [-0.4, -0.2) is 9.67 Å². The van der Waals surface area contributed by atoms with Crippen molar-refractivity contribution in [3.05, 3.63) is 51.4 Å². The second-order valence-electron chi connectivity index (χ2n) is 6.13. The lowest BCUT2D eigenvalue weighted by Crippen LogP contribution is -2.26. The van der Waals surface area contributed by atoms with E-state index < -0.39 is 0 Å². The maximum atomic E-state index is 10.3. The highest BCUT2D eigenvalue weighted by Gasteiger charge is 2.33. The van der Waals surface area contributed by atoms with Crippen molar-refractivity contribution >= 4 is 22.6 Å². The van der Waals surface area contributed by atoms with E-state index in [0.717, 1.165) is 18.4 Å². The van der Waals surface area contributed by atoms with Crippen LogP contribution in [0.25, 0.3) is 5.69 Å². The van der Waals surface area contributed by atoms with Crippen molar-refractivity contribution in [1.82, 2.24) is 4.57 Å². The van der Waals surface area contributed by atoms with Gasteiger partial charge in [-0.05, 0) is 71.2 Å². The lowest BCUT2D eigenvalue weighted by atomic mass is 9.75. The predicted molar refractivity (Wildman–Crippen MR) is 85.5 cm³/mol. The summed E-state index contributed by atoms with van der Waals surface area (Å²) >= 11 is 2.32. The highest BCUT2D eigenvalue weighted by atomic mass is 127. The van der Waals surface area contributed by atoms with E-state index >= 15 is 0 Å². The van der Waals surface area contributed by atoms with Crippen molar-refractivity contribution in [3.8, 4) is 5.69 Å². The minimum absolute atomic E-state index is 0.158. The first-order valence-electron chi connectivity index (χ1n) is 6.60. The molecule has 2 aromatic rings. The summed E-state index contributed by atoms with van der Waals surface area (Å²) in [6.07, 6.45) is 3.61. The number of aliphatic hydroxyl groups excluding tert-OH is 1. The molecular weight excluding hydrogens is 349 g/mol. The molecule has 1 aliphatic rings. The summed E-state index contributed by atoms with van der Waals surface area (Å²) in [5.41, 5.74) is 3.68. The molecule has 1 aromatic heterocycles. The summed E-state index contributed by atoms with van der Waals surface area (Å²) in [5.74, 6) is 0. The van der Waals surface area contributed by atoms with Crippen LogP contribution < -0.4 is 0 Å². The van der Waals surface area contributed by atoms with Crippen molar-refractivity contribution in [2.75, 3.05) is 0 Å². The molecule has 0 aliphatic heterocycles. The average Bonchev–Trinajstić information content (AvgIpc) is 2.72. The van der Waals surface area contributed by atoms with E-state index in [0.29, 0.717) is 0 Å². The van der Waals surface area contributed by atoms with E-state index in [1.165, 1.54) is 15.0 Å². The minimum Gasteiger partial charge on any atom is -0.388 e. The van der Waals surface area contributed by atoms with Gasteiger partial charge in [-0.2, -0.15) is 0 Å². The number of halogens is 1. The minimum atomic E-state index is -0.330. The highest BCUT2D eigenvalue weighted by molar-refractivity contribution is 14.1. The van der Waals surface area contributed by atoms with Gasteiger partial charge in [-0.15, -0.1) is 0 Å². The van der Waals surface area contributed by atoms with Crippen LogP contribution in [0.15, 0.2) is 36.5 Å². The summed E-state index contributed by atoms with van der Waals surface area (Å²) < 4.78 is 3.46. The topological polar surface area (TPSA) is 25.2 Å². The van der Waals surface area contributed by atoms with Gasteiger partial charge in [0.25, 0.3) is 0 Å². The fourth-order valence-corrected chi connectivity index (χ4v) is 3.33. The Hall–Kier alpha value is -0.810. The normalized spacial score (nSPS) is 21.2. The number of hydrogen-bond acceptors (Lipinski definition) is 1.